The Morgan fingerprint density at radius 3 is 2.76 bits per heavy atom. The van der Waals surface area contributed by atoms with Gasteiger partial charge < -0.3 is 19.3 Å². The van der Waals surface area contributed by atoms with Crippen LogP contribution in [0.25, 0.3) is 11.5 Å². The number of halogens is 2. The minimum absolute atomic E-state index is 0.0795. The summed E-state index contributed by atoms with van der Waals surface area (Å²) in [7, 11) is 0. The molecule has 2 heterocycles. The molecule has 0 spiro atoms. The van der Waals surface area contributed by atoms with Crippen LogP contribution in [-0.4, -0.2) is 36.5 Å². The Labute approximate surface area is 119 Å². The molecule has 6 nitrogen and oxygen atoms in total. The average Bonchev–Trinajstić information content (AvgIpc) is 2.98. The van der Waals surface area contributed by atoms with Crippen LogP contribution in [0.1, 0.15) is 11.9 Å². The van der Waals surface area contributed by atoms with E-state index in [0.717, 1.165) is 6.54 Å². The standard InChI is InChI=1S/C13H13F2N3O3/c14-13(15)20-9-3-1-8(2-4-9)12-17-11(18-21-12)10-7-19-6-5-16-10/h1-4,10,13,16H,5-7H2. The molecule has 1 aliphatic heterocycles. The van der Waals surface area contributed by atoms with Crippen LogP contribution in [0.4, 0.5) is 8.78 Å². The molecular formula is C13H13F2N3O3. The highest BCUT2D eigenvalue weighted by Crippen LogP contribution is 2.23. The van der Waals surface area contributed by atoms with Gasteiger partial charge in [-0.3, -0.25) is 0 Å². The first-order valence-corrected chi connectivity index (χ1v) is 6.42. The predicted octanol–water partition coefficient (Wildman–Crippen LogP) is 2.00. The SMILES string of the molecule is FC(F)Oc1ccc(-c2nc(C3COCCN3)no2)cc1. The number of benzene rings is 1. The lowest BCUT2D eigenvalue weighted by molar-refractivity contribution is -0.0498. The molecule has 21 heavy (non-hydrogen) atoms. The maximum atomic E-state index is 12.1. The number of hydrogen-bond acceptors (Lipinski definition) is 6. The molecule has 1 fully saturated rings. The van der Waals surface area contributed by atoms with Gasteiger partial charge in [-0.15, -0.1) is 0 Å². The molecule has 3 rings (SSSR count). The van der Waals surface area contributed by atoms with Gasteiger partial charge in [0.1, 0.15) is 5.75 Å². The van der Waals surface area contributed by atoms with Gasteiger partial charge in [0.05, 0.1) is 19.3 Å². The van der Waals surface area contributed by atoms with Crippen molar-refractivity contribution in [3.05, 3.63) is 30.1 Å². The Morgan fingerprint density at radius 2 is 2.10 bits per heavy atom. The van der Waals surface area contributed by atoms with Crippen LogP contribution in [0.2, 0.25) is 0 Å². The lowest BCUT2D eigenvalue weighted by atomic mass is 10.2. The molecule has 0 amide bonds. The van der Waals surface area contributed by atoms with Crippen molar-refractivity contribution in [1.29, 1.82) is 0 Å². The van der Waals surface area contributed by atoms with Gasteiger partial charge in [0.25, 0.3) is 5.89 Å². The van der Waals surface area contributed by atoms with Crippen molar-refractivity contribution in [2.75, 3.05) is 19.8 Å². The van der Waals surface area contributed by atoms with E-state index in [1.165, 1.54) is 12.1 Å². The van der Waals surface area contributed by atoms with Crippen molar-refractivity contribution in [3.63, 3.8) is 0 Å². The van der Waals surface area contributed by atoms with E-state index in [-0.39, 0.29) is 11.8 Å². The molecule has 0 radical (unpaired) electrons. The fourth-order valence-electron chi connectivity index (χ4n) is 2.00. The molecule has 1 aromatic carbocycles. The number of morpholine rings is 1. The summed E-state index contributed by atoms with van der Waals surface area (Å²) in [5.74, 6) is 0.911. The molecule has 112 valence electrons. The van der Waals surface area contributed by atoms with Crippen molar-refractivity contribution in [3.8, 4) is 17.2 Å². The smallest absolute Gasteiger partial charge is 0.387 e. The summed E-state index contributed by atoms with van der Waals surface area (Å²) in [5.41, 5.74) is 0.632. The van der Waals surface area contributed by atoms with E-state index in [1.807, 2.05) is 0 Å². The van der Waals surface area contributed by atoms with Crippen molar-refractivity contribution in [2.45, 2.75) is 12.7 Å². The van der Waals surface area contributed by atoms with E-state index in [0.29, 0.717) is 30.5 Å². The number of ether oxygens (including phenoxy) is 2. The van der Waals surface area contributed by atoms with Crippen molar-refractivity contribution < 1.29 is 22.8 Å². The molecule has 0 bridgehead atoms. The van der Waals surface area contributed by atoms with Crippen molar-refractivity contribution in [1.82, 2.24) is 15.5 Å². The van der Waals surface area contributed by atoms with Crippen LogP contribution in [0, 0.1) is 0 Å². The molecule has 0 saturated carbocycles. The van der Waals surface area contributed by atoms with E-state index in [1.54, 1.807) is 12.1 Å². The monoisotopic (exact) mass is 297 g/mol. The molecule has 0 aliphatic carbocycles. The van der Waals surface area contributed by atoms with Crippen LogP contribution in [0.15, 0.2) is 28.8 Å². The first kappa shape index (κ1) is 13.9. The summed E-state index contributed by atoms with van der Waals surface area (Å²) in [5, 5.41) is 7.12. The third kappa shape index (κ3) is 3.34. The van der Waals surface area contributed by atoms with Gasteiger partial charge in [0.2, 0.25) is 0 Å². The normalized spacial score (nSPS) is 18.9. The number of nitrogens with one attached hydrogen (secondary N) is 1. The zero-order valence-corrected chi connectivity index (χ0v) is 11.0. The third-order valence-corrected chi connectivity index (χ3v) is 3.00. The summed E-state index contributed by atoms with van der Waals surface area (Å²) in [6.07, 6.45) is 0. The first-order chi connectivity index (χ1) is 10.2. The molecule has 8 heteroatoms. The molecule has 1 aromatic heterocycles. The average molecular weight is 297 g/mol. The third-order valence-electron chi connectivity index (χ3n) is 3.00. The molecule has 1 unspecified atom stereocenters. The van der Waals surface area contributed by atoms with E-state index >= 15 is 0 Å². The maximum Gasteiger partial charge on any atom is 0.387 e. The Kier molecular flexibility index (Phi) is 4.07. The highest BCUT2D eigenvalue weighted by molar-refractivity contribution is 5.54. The number of rotatable bonds is 4. The molecule has 2 aromatic rings. The first-order valence-electron chi connectivity index (χ1n) is 6.42. The minimum atomic E-state index is -2.84. The zero-order valence-electron chi connectivity index (χ0n) is 11.0. The van der Waals surface area contributed by atoms with E-state index in [2.05, 4.69) is 20.2 Å². The second kappa shape index (κ2) is 6.15. The van der Waals surface area contributed by atoms with Crippen molar-refractivity contribution in [2.24, 2.45) is 0 Å². The van der Waals surface area contributed by atoms with Gasteiger partial charge in [0.15, 0.2) is 5.82 Å². The summed E-state index contributed by atoms with van der Waals surface area (Å²) in [6, 6.07) is 5.91. The fourth-order valence-corrected chi connectivity index (χ4v) is 2.00. The quantitative estimate of drug-likeness (QED) is 0.931. The van der Waals surface area contributed by atoms with Gasteiger partial charge in [-0.2, -0.15) is 13.8 Å². The van der Waals surface area contributed by atoms with Crippen molar-refractivity contribution >= 4 is 0 Å². The van der Waals surface area contributed by atoms with Crippen LogP contribution in [0.3, 0.4) is 0 Å². The topological polar surface area (TPSA) is 69.4 Å². The second-order valence-corrected chi connectivity index (χ2v) is 4.44. The number of hydrogen-bond donors (Lipinski definition) is 1. The van der Waals surface area contributed by atoms with Crippen LogP contribution >= 0.6 is 0 Å². The van der Waals surface area contributed by atoms with Gasteiger partial charge in [-0.05, 0) is 24.3 Å². The maximum absolute atomic E-state index is 12.1. The van der Waals surface area contributed by atoms with Gasteiger partial charge >= 0.3 is 6.61 Å². The summed E-state index contributed by atoms with van der Waals surface area (Å²) < 4.78 is 38.9. The van der Waals surface area contributed by atoms with Gasteiger partial charge in [-0.25, -0.2) is 0 Å². The number of nitrogens with zero attached hydrogens (tertiary/aromatic N) is 2. The summed E-state index contributed by atoms with van der Waals surface area (Å²) in [4.78, 5) is 4.29. The Balaban J connectivity index is 1.73. The Hall–Kier alpha value is -2.06. The molecule has 1 saturated heterocycles. The molecular weight excluding hydrogens is 284 g/mol. The predicted molar refractivity (Wildman–Crippen MR) is 67.9 cm³/mol. The molecule has 1 aliphatic rings. The summed E-state index contributed by atoms with van der Waals surface area (Å²) >= 11 is 0. The largest absolute Gasteiger partial charge is 0.435 e. The fraction of sp³-hybridized carbons (Fsp3) is 0.385. The van der Waals surface area contributed by atoms with Crippen LogP contribution in [0.5, 0.6) is 5.75 Å². The lowest BCUT2D eigenvalue weighted by Gasteiger charge is -2.20. The van der Waals surface area contributed by atoms with E-state index in [4.69, 9.17) is 9.26 Å². The van der Waals surface area contributed by atoms with Gasteiger partial charge in [0, 0.05) is 12.1 Å². The van der Waals surface area contributed by atoms with Crippen LogP contribution in [-0.2, 0) is 4.74 Å². The Bertz CT molecular complexity index is 583. The highest BCUT2D eigenvalue weighted by atomic mass is 19.3. The van der Waals surface area contributed by atoms with E-state index in [9.17, 15) is 8.78 Å². The highest BCUT2D eigenvalue weighted by Gasteiger charge is 2.21. The zero-order chi connectivity index (χ0) is 14.7. The minimum Gasteiger partial charge on any atom is -0.435 e. The van der Waals surface area contributed by atoms with Crippen LogP contribution < -0.4 is 10.1 Å². The molecule has 1 atom stereocenters. The summed E-state index contributed by atoms with van der Waals surface area (Å²) in [6.45, 7) is -0.968. The number of alkyl halides is 2. The second-order valence-electron chi connectivity index (χ2n) is 4.44. The van der Waals surface area contributed by atoms with Gasteiger partial charge in [-0.1, -0.05) is 5.16 Å². The molecule has 1 N–H and O–H groups in total. The lowest BCUT2D eigenvalue weighted by Crippen LogP contribution is -2.35. The Morgan fingerprint density at radius 1 is 1.29 bits per heavy atom. The van der Waals surface area contributed by atoms with E-state index < -0.39 is 6.61 Å². The number of aromatic nitrogens is 2.